The first kappa shape index (κ1) is 18.3. The van der Waals surface area contributed by atoms with Crippen LogP contribution in [0.1, 0.15) is 15.5 Å². The van der Waals surface area contributed by atoms with Gasteiger partial charge < -0.3 is 20.5 Å². The third-order valence-corrected chi connectivity index (χ3v) is 3.01. The number of amides is 1. The minimum atomic E-state index is -0.176. The average Bonchev–Trinajstić information content (AvgIpc) is 2.82. The van der Waals surface area contributed by atoms with E-state index >= 15 is 0 Å². The lowest BCUT2D eigenvalue weighted by molar-refractivity contribution is 0.0692. The average molecular weight is 310 g/mol. The SMILES string of the molecule is COCCOCCNC(=O)c1csc(CCN)n1.Cl. The number of halogens is 1. The monoisotopic (exact) mass is 309 g/mol. The van der Waals surface area contributed by atoms with Crippen molar-refractivity contribution in [2.24, 2.45) is 5.73 Å². The van der Waals surface area contributed by atoms with Crippen molar-refractivity contribution in [2.75, 3.05) is 40.0 Å². The van der Waals surface area contributed by atoms with E-state index in [0.29, 0.717) is 45.0 Å². The number of rotatable bonds is 9. The third kappa shape index (κ3) is 7.44. The highest BCUT2D eigenvalue weighted by molar-refractivity contribution is 7.09. The van der Waals surface area contributed by atoms with E-state index < -0.39 is 0 Å². The van der Waals surface area contributed by atoms with E-state index in [1.54, 1.807) is 12.5 Å². The van der Waals surface area contributed by atoms with Crippen LogP contribution in [0.3, 0.4) is 0 Å². The molecular formula is C11H20ClN3O3S. The number of hydrogen-bond acceptors (Lipinski definition) is 6. The molecule has 0 unspecified atom stereocenters. The molecule has 8 heteroatoms. The van der Waals surface area contributed by atoms with Crippen LogP contribution < -0.4 is 11.1 Å². The second kappa shape index (κ2) is 11.1. The van der Waals surface area contributed by atoms with E-state index in [4.69, 9.17) is 15.2 Å². The van der Waals surface area contributed by atoms with Gasteiger partial charge in [0.1, 0.15) is 5.69 Å². The minimum Gasteiger partial charge on any atom is -0.382 e. The highest BCUT2D eigenvalue weighted by Crippen LogP contribution is 2.09. The van der Waals surface area contributed by atoms with E-state index in [2.05, 4.69) is 10.3 Å². The van der Waals surface area contributed by atoms with Crippen molar-refractivity contribution in [3.63, 3.8) is 0 Å². The van der Waals surface area contributed by atoms with Crippen LogP contribution in [0.25, 0.3) is 0 Å². The molecule has 0 atom stereocenters. The van der Waals surface area contributed by atoms with Crippen LogP contribution in [0.15, 0.2) is 5.38 Å². The lowest BCUT2D eigenvalue weighted by Crippen LogP contribution is -2.27. The Labute approximate surface area is 123 Å². The Morgan fingerprint density at radius 2 is 2.26 bits per heavy atom. The number of ether oxygens (including phenoxy) is 2. The van der Waals surface area contributed by atoms with E-state index in [9.17, 15) is 4.79 Å². The summed E-state index contributed by atoms with van der Waals surface area (Å²) in [5.74, 6) is -0.176. The molecule has 0 aliphatic carbocycles. The first-order valence-electron chi connectivity index (χ1n) is 5.77. The lowest BCUT2D eigenvalue weighted by atomic mass is 10.4. The van der Waals surface area contributed by atoms with Gasteiger partial charge in [0.2, 0.25) is 0 Å². The number of methoxy groups -OCH3 is 1. The smallest absolute Gasteiger partial charge is 0.270 e. The van der Waals surface area contributed by atoms with Crippen molar-refractivity contribution in [3.05, 3.63) is 16.1 Å². The van der Waals surface area contributed by atoms with E-state index in [-0.39, 0.29) is 18.3 Å². The summed E-state index contributed by atoms with van der Waals surface area (Å²) >= 11 is 1.45. The summed E-state index contributed by atoms with van der Waals surface area (Å²) in [4.78, 5) is 15.9. The Balaban J connectivity index is 0.00000324. The maximum Gasteiger partial charge on any atom is 0.270 e. The van der Waals surface area contributed by atoms with Gasteiger partial charge in [-0.05, 0) is 6.54 Å². The van der Waals surface area contributed by atoms with Gasteiger partial charge >= 0.3 is 0 Å². The number of nitrogens with one attached hydrogen (secondary N) is 1. The second-order valence-corrected chi connectivity index (χ2v) is 4.47. The first-order chi connectivity index (χ1) is 8.77. The molecular weight excluding hydrogens is 290 g/mol. The molecule has 1 aromatic heterocycles. The number of nitrogens with two attached hydrogens (primary N) is 1. The van der Waals surface area contributed by atoms with E-state index in [1.807, 2.05) is 0 Å². The molecule has 0 fully saturated rings. The summed E-state index contributed by atoms with van der Waals surface area (Å²) < 4.78 is 10.1. The van der Waals surface area contributed by atoms with Gasteiger partial charge in [0.05, 0.1) is 24.8 Å². The van der Waals surface area contributed by atoms with Gasteiger partial charge in [-0.25, -0.2) is 4.98 Å². The van der Waals surface area contributed by atoms with Crippen molar-refractivity contribution in [1.29, 1.82) is 0 Å². The van der Waals surface area contributed by atoms with Crippen molar-refractivity contribution >= 4 is 29.7 Å². The summed E-state index contributed by atoms with van der Waals surface area (Å²) in [7, 11) is 1.62. The predicted octanol–water partition coefficient (Wildman–Crippen LogP) is 0.459. The molecule has 0 radical (unpaired) electrons. The summed E-state index contributed by atoms with van der Waals surface area (Å²) in [5.41, 5.74) is 5.87. The maximum atomic E-state index is 11.7. The van der Waals surface area contributed by atoms with Crippen LogP contribution in [0, 0.1) is 0 Å². The fraction of sp³-hybridized carbons (Fsp3) is 0.636. The molecule has 1 rings (SSSR count). The van der Waals surface area contributed by atoms with Gasteiger partial charge in [0.15, 0.2) is 0 Å². The number of carbonyl (C=O) groups is 1. The quantitative estimate of drug-likeness (QED) is 0.647. The molecule has 19 heavy (non-hydrogen) atoms. The van der Waals surface area contributed by atoms with Gasteiger partial charge in [0, 0.05) is 25.5 Å². The van der Waals surface area contributed by atoms with Crippen molar-refractivity contribution in [3.8, 4) is 0 Å². The van der Waals surface area contributed by atoms with Crippen LogP contribution in [-0.2, 0) is 15.9 Å². The standard InChI is InChI=1S/C11H19N3O3S.ClH/c1-16-6-7-17-5-4-13-11(15)9-8-18-10(14-9)2-3-12;/h8H,2-7,12H2,1H3,(H,13,15);1H. The number of hydrogen-bond donors (Lipinski definition) is 2. The molecule has 3 N–H and O–H groups in total. The Bertz CT molecular complexity index is 363. The van der Waals surface area contributed by atoms with Gasteiger partial charge in [-0.2, -0.15) is 0 Å². The summed E-state index contributed by atoms with van der Waals surface area (Å²) in [6.07, 6.45) is 0.706. The molecule has 0 spiro atoms. The molecule has 0 aromatic carbocycles. The predicted molar refractivity (Wildman–Crippen MR) is 77.1 cm³/mol. The van der Waals surface area contributed by atoms with Gasteiger partial charge in [-0.15, -0.1) is 23.7 Å². The normalized spacial score (nSPS) is 10.0. The Hall–Kier alpha value is -0.730. The van der Waals surface area contributed by atoms with Crippen LogP contribution >= 0.6 is 23.7 Å². The fourth-order valence-corrected chi connectivity index (χ4v) is 2.02. The van der Waals surface area contributed by atoms with Crippen LogP contribution in [0.4, 0.5) is 0 Å². The van der Waals surface area contributed by atoms with Crippen molar-refractivity contribution in [2.45, 2.75) is 6.42 Å². The fourth-order valence-electron chi connectivity index (χ4n) is 1.23. The minimum absolute atomic E-state index is 0. The molecule has 1 aromatic rings. The number of carbonyl (C=O) groups excluding carboxylic acids is 1. The molecule has 110 valence electrons. The van der Waals surface area contributed by atoms with Crippen LogP contribution in [0.2, 0.25) is 0 Å². The third-order valence-electron chi connectivity index (χ3n) is 2.11. The number of thiazole rings is 1. The topological polar surface area (TPSA) is 86.5 Å². The summed E-state index contributed by atoms with van der Waals surface area (Å²) in [5, 5.41) is 5.37. The Morgan fingerprint density at radius 1 is 1.47 bits per heavy atom. The first-order valence-corrected chi connectivity index (χ1v) is 6.65. The molecule has 0 aliphatic rings. The molecule has 0 saturated heterocycles. The zero-order valence-corrected chi connectivity index (χ0v) is 12.5. The van der Waals surface area contributed by atoms with Gasteiger partial charge in [-0.1, -0.05) is 0 Å². The van der Waals surface area contributed by atoms with E-state index in [0.717, 1.165) is 5.01 Å². The largest absolute Gasteiger partial charge is 0.382 e. The lowest BCUT2D eigenvalue weighted by Gasteiger charge is -2.04. The molecule has 0 saturated carbocycles. The molecule has 0 bridgehead atoms. The Morgan fingerprint density at radius 3 is 2.95 bits per heavy atom. The zero-order valence-electron chi connectivity index (χ0n) is 10.9. The molecule has 0 aliphatic heterocycles. The van der Waals surface area contributed by atoms with Crippen LogP contribution in [-0.4, -0.2) is 50.9 Å². The zero-order chi connectivity index (χ0) is 13.2. The van der Waals surface area contributed by atoms with E-state index in [1.165, 1.54) is 11.3 Å². The van der Waals surface area contributed by atoms with Gasteiger partial charge in [-0.3, -0.25) is 4.79 Å². The van der Waals surface area contributed by atoms with Gasteiger partial charge in [0.25, 0.3) is 5.91 Å². The van der Waals surface area contributed by atoms with Crippen molar-refractivity contribution < 1.29 is 14.3 Å². The number of aromatic nitrogens is 1. The molecule has 6 nitrogen and oxygen atoms in total. The molecule has 1 heterocycles. The van der Waals surface area contributed by atoms with Crippen molar-refractivity contribution in [1.82, 2.24) is 10.3 Å². The highest BCUT2D eigenvalue weighted by atomic mass is 35.5. The highest BCUT2D eigenvalue weighted by Gasteiger charge is 2.09. The Kier molecular flexibility index (Phi) is 10.7. The number of nitrogens with zero attached hydrogens (tertiary/aromatic N) is 1. The summed E-state index contributed by atoms with van der Waals surface area (Å²) in [6.45, 7) is 2.56. The second-order valence-electron chi connectivity index (χ2n) is 3.53. The summed E-state index contributed by atoms with van der Waals surface area (Å²) in [6, 6.07) is 0. The molecule has 1 amide bonds. The maximum absolute atomic E-state index is 11.7. The van der Waals surface area contributed by atoms with Crippen LogP contribution in [0.5, 0.6) is 0 Å².